The van der Waals surface area contributed by atoms with Gasteiger partial charge in [0.1, 0.15) is 6.61 Å². The van der Waals surface area contributed by atoms with Crippen LogP contribution < -0.4 is 0 Å². The molecule has 0 saturated carbocycles. The fourth-order valence-corrected chi connectivity index (χ4v) is 1.79. The van der Waals surface area contributed by atoms with Gasteiger partial charge in [-0.05, 0) is 23.6 Å². The maximum atomic E-state index is 10.7. The summed E-state index contributed by atoms with van der Waals surface area (Å²) in [6.07, 6.45) is 1.78. The first-order valence-electron chi connectivity index (χ1n) is 4.83. The molecule has 0 radical (unpaired) electrons. The van der Waals surface area contributed by atoms with Crippen LogP contribution in [0.15, 0.2) is 34.9 Å². The van der Waals surface area contributed by atoms with Crippen LogP contribution in [0.3, 0.4) is 0 Å². The van der Waals surface area contributed by atoms with Gasteiger partial charge in [-0.3, -0.25) is 9.78 Å². The Labute approximate surface area is 102 Å². The lowest BCUT2D eigenvalue weighted by Gasteiger charge is -2.03. The minimum absolute atomic E-state index is 0.224. The summed E-state index contributed by atoms with van der Waals surface area (Å²) in [6.45, 7) is 1.61. The van der Waals surface area contributed by atoms with Crippen LogP contribution in [0.25, 0.3) is 10.8 Å². The van der Waals surface area contributed by atoms with Crippen molar-refractivity contribution in [3.8, 4) is 0 Å². The minimum Gasteiger partial charge on any atom is -0.459 e. The summed E-state index contributed by atoms with van der Waals surface area (Å²) in [5, 5.41) is 2.14. The van der Waals surface area contributed by atoms with Crippen molar-refractivity contribution in [1.82, 2.24) is 4.98 Å². The lowest BCUT2D eigenvalue weighted by atomic mass is 10.1. The summed E-state index contributed by atoms with van der Waals surface area (Å²) in [5.41, 5.74) is 0.755. The summed E-state index contributed by atoms with van der Waals surface area (Å²) in [4.78, 5) is 14.9. The molecule has 0 spiro atoms. The van der Waals surface area contributed by atoms with Crippen LogP contribution in [0.5, 0.6) is 0 Å². The van der Waals surface area contributed by atoms with Crippen molar-refractivity contribution in [2.24, 2.45) is 0 Å². The van der Waals surface area contributed by atoms with Gasteiger partial charge in [-0.25, -0.2) is 0 Å². The number of ether oxygens (including phenoxy) is 1. The molecular formula is C12H10BrNO2. The summed E-state index contributed by atoms with van der Waals surface area (Å²) >= 11 is 3.40. The normalized spacial score (nSPS) is 10.4. The zero-order chi connectivity index (χ0) is 11.5. The van der Waals surface area contributed by atoms with Crippen molar-refractivity contribution in [1.29, 1.82) is 0 Å². The van der Waals surface area contributed by atoms with Crippen LogP contribution in [0, 0.1) is 0 Å². The maximum Gasteiger partial charge on any atom is 0.303 e. The molecular weight excluding hydrogens is 270 g/mol. The van der Waals surface area contributed by atoms with Crippen LogP contribution >= 0.6 is 15.9 Å². The van der Waals surface area contributed by atoms with Crippen molar-refractivity contribution in [3.63, 3.8) is 0 Å². The van der Waals surface area contributed by atoms with Crippen molar-refractivity contribution in [2.45, 2.75) is 13.5 Å². The number of hydrogen-bond donors (Lipinski definition) is 0. The lowest BCUT2D eigenvalue weighted by molar-refractivity contribution is -0.142. The molecule has 0 fully saturated rings. The maximum absolute atomic E-state index is 10.7. The SMILES string of the molecule is CC(=O)OCc1cc2ccc(Br)cc2cn1. The summed E-state index contributed by atoms with van der Waals surface area (Å²) in [7, 11) is 0. The fraction of sp³-hybridized carbons (Fsp3) is 0.167. The Morgan fingerprint density at radius 1 is 1.38 bits per heavy atom. The monoisotopic (exact) mass is 279 g/mol. The second kappa shape index (κ2) is 4.61. The van der Waals surface area contributed by atoms with Crippen molar-refractivity contribution in [3.05, 3.63) is 40.6 Å². The Morgan fingerprint density at radius 2 is 2.19 bits per heavy atom. The minimum atomic E-state index is -0.294. The highest BCUT2D eigenvalue weighted by Crippen LogP contribution is 2.19. The second-order valence-corrected chi connectivity index (χ2v) is 4.36. The van der Waals surface area contributed by atoms with E-state index >= 15 is 0 Å². The smallest absolute Gasteiger partial charge is 0.303 e. The number of benzene rings is 1. The van der Waals surface area contributed by atoms with E-state index in [1.807, 2.05) is 24.3 Å². The molecule has 1 aromatic heterocycles. The number of carbonyl (C=O) groups is 1. The van der Waals surface area contributed by atoms with E-state index in [1.54, 1.807) is 6.20 Å². The molecule has 16 heavy (non-hydrogen) atoms. The first-order chi connectivity index (χ1) is 7.65. The molecule has 0 N–H and O–H groups in total. The number of rotatable bonds is 2. The summed E-state index contributed by atoms with van der Waals surface area (Å²) in [6, 6.07) is 7.89. The van der Waals surface area contributed by atoms with Gasteiger partial charge in [-0.2, -0.15) is 0 Å². The molecule has 82 valence electrons. The van der Waals surface area contributed by atoms with Crippen LogP contribution in [0.2, 0.25) is 0 Å². The Kier molecular flexibility index (Phi) is 3.19. The third-order valence-electron chi connectivity index (χ3n) is 2.16. The molecule has 0 saturated heterocycles. The molecule has 0 amide bonds. The quantitative estimate of drug-likeness (QED) is 0.794. The number of fused-ring (bicyclic) bond motifs is 1. The number of carbonyl (C=O) groups excluding carboxylic acids is 1. The van der Waals surface area contributed by atoms with Gasteiger partial charge in [0.2, 0.25) is 0 Å². The third kappa shape index (κ3) is 2.58. The average Bonchev–Trinajstić information content (AvgIpc) is 2.26. The Bertz CT molecular complexity index is 540. The number of nitrogens with zero attached hydrogens (tertiary/aromatic N) is 1. The highest BCUT2D eigenvalue weighted by atomic mass is 79.9. The summed E-state index contributed by atoms with van der Waals surface area (Å²) < 4.78 is 5.91. The van der Waals surface area contributed by atoms with E-state index in [2.05, 4.69) is 20.9 Å². The largest absolute Gasteiger partial charge is 0.459 e. The number of aromatic nitrogens is 1. The fourth-order valence-electron chi connectivity index (χ4n) is 1.41. The van der Waals surface area contributed by atoms with E-state index in [0.29, 0.717) is 0 Å². The molecule has 2 rings (SSSR count). The highest BCUT2D eigenvalue weighted by Gasteiger charge is 2.00. The average molecular weight is 280 g/mol. The third-order valence-corrected chi connectivity index (χ3v) is 2.66. The zero-order valence-corrected chi connectivity index (χ0v) is 10.3. The van der Waals surface area contributed by atoms with E-state index in [-0.39, 0.29) is 12.6 Å². The molecule has 0 aliphatic carbocycles. The van der Waals surface area contributed by atoms with Crippen molar-refractivity contribution < 1.29 is 9.53 Å². The topological polar surface area (TPSA) is 39.2 Å². The van der Waals surface area contributed by atoms with Crippen LogP contribution in [-0.4, -0.2) is 11.0 Å². The van der Waals surface area contributed by atoms with Gasteiger partial charge in [-0.15, -0.1) is 0 Å². The van der Waals surface area contributed by atoms with E-state index in [1.165, 1.54) is 6.92 Å². The van der Waals surface area contributed by atoms with E-state index in [9.17, 15) is 4.79 Å². The van der Waals surface area contributed by atoms with Gasteiger partial charge >= 0.3 is 5.97 Å². The van der Waals surface area contributed by atoms with Gasteiger partial charge in [0.05, 0.1) is 5.69 Å². The Balaban J connectivity index is 2.30. The molecule has 0 atom stereocenters. The second-order valence-electron chi connectivity index (χ2n) is 3.45. The van der Waals surface area contributed by atoms with Gasteiger partial charge in [0, 0.05) is 23.0 Å². The standard InChI is InChI=1S/C12H10BrNO2/c1-8(15)16-7-12-5-9-2-3-11(13)4-10(9)6-14-12/h2-6H,7H2,1H3. The molecule has 2 aromatic rings. The molecule has 0 unspecified atom stereocenters. The Morgan fingerprint density at radius 3 is 2.94 bits per heavy atom. The predicted molar refractivity (Wildman–Crippen MR) is 64.9 cm³/mol. The summed E-state index contributed by atoms with van der Waals surface area (Å²) in [5.74, 6) is -0.294. The molecule has 4 heteroatoms. The molecule has 1 heterocycles. The van der Waals surface area contributed by atoms with Crippen molar-refractivity contribution >= 4 is 32.7 Å². The first-order valence-corrected chi connectivity index (χ1v) is 5.62. The Hall–Kier alpha value is -1.42. The number of hydrogen-bond acceptors (Lipinski definition) is 3. The highest BCUT2D eigenvalue weighted by molar-refractivity contribution is 9.10. The van der Waals surface area contributed by atoms with Crippen molar-refractivity contribution in [2.75, 3.05) is 0 Å². The molecule has 0 bridgehead atoms. The van der Waals surface area contributed by atoms with Gasteiger partial charge in [0.15, 0.2) is 0 Å². The van der Waals surface area contributed by atoms with E-state index in [4.69, 9.17) is 4.74 Å². The molecule has 0 aliphatic rings. The number of halogens is 1. The van der Waals surface area contributed by atoms with Gasteiger partial charge in [-0.1, -0.05) is 22.0 Å². The van der Waals surface area contributed by atoms with Gasteiger partial charge in [0.25, 0.3) is 0 Å². The van der Waals surface area contributed by atoms with Crippen LogP contribution in [0.1, 0.15) is 12.6 Å². The van der Waals surface area contributed by atoms with Crippen LogP contribution in [-0.2, 0) is 16.1 Å². The van der Waals surface area contributed by atoms with E-state index < -0.39 is 0 Å². The number of pyridine rings is 1. The molecule has 0 aliphatic heterocycles. The number of esters is 1. The lowest BCUT2D eigenvalue weighted by Crippen LogP contribution is -2.00. The molecule has 3 nitrogen and oxygen atoms in total. The van der Waals surface area contributed by atoms with Gasteiger partial charge < -0.3 is 4.74 Å². The zero-order valence-electron chi connectivity index (χ0n) is 8.74. The van der Waals surface area contributed by atoms with E-state index in [0.717, 1.165) is 20.9 Å². The van der Waals surface area contributed by atoms with Crippen LogP contribution in [0.4, 0.5) is 0 Å². The molecule has 1 aromatic carbocycles. The first kappa shape index (κ1) is 11.1. The predicted octanol–water partition coefficient (Wildman–Crippen LogP) is 3.06.